The largest absolute Gasteiger partial charge is 0.466 e. The maximum absolute atomic E-state index is 13.2. The third-order valence-electron chi connectivity index (χ3n) is 6.75. The predicted octanol–water partition coefficient (Wildman–Crippen LogP) is 6.10. The Morgan fingerprint density at radius 2 is 1.45 bits per heavy atom. The molecule has 1 amide bonds. The molecule has 0 saturated carbocycles. The number of para-hydroxylation sites is 1. The van der Waals surface area contributed by atoms with Crippen LogP contribution in [-0.4, -0.2) is 51.8 Å². The van der Waals surface area contributed by atoms with Gasteiger partial charge in [0, 0.05) is 29.9 Å². The first kappa shape index (κ1) is 25.8. The van der Waals surface area contributed by atoms with Crippen molar-refractivity contribution in [3.05, 3.63) is 91.0 Å². The number of imidazole rings is 1. The van der Waals surface area contributed by atoms with Crippen LogP contribution in [0.2, 0.25) is 0 Å². The lowest BCUT2D eigenvalue weighted by Crippen LogP contribution is -2.41. The minimum absolute atomic E-state index is 0.0578. The second-order valence-electron chi connectivity index (χ2n) is 9.19. The summed E-state index contributed by atoms with van der Waals surface area (Å²) in [7, 11) is 0. The van der Waals surface area contributed by atoms with Gasteiger partial charge in [-0.2, -0.15) is 0 Å². The van der Waals surface area contributed by atoms with Crippen molar-refractivity contribution in [3.63, 3.8) is 0 Å². The summed E-state index contributed by atoms with van der Waals surface area (Å²) in [5.41, 5.74) is 4.95. The number of aromatic nitrogens is 2. The molecule has 4 aromatic rings. The monoisotopic (exact) mass is 525 g/mol. The molecule has 0 unspecified atom stereocenters. The molecule has 1 fully saturated rings. The average molecular weight is 526 g/mol. The number of piperidine rings is 1. The first-order chi connectivity index (χ1) is 18.7. The molecule has 1 aliphatic rings. The molecular formula is C31H31N3O3S. The van der Waals surface area contributed by atoms with Crippen LogP contribution in [0.1, 0.15) is 19.8 Å². The smallest absolute Gasteiger partial charge is 0.309 e. The highest BCUT2D eigenvalue weighted by Gasteiger charge is 2.29. The molecule has 2 heterocycles. The van der Waals surface area contributed by atoms with Gasteiger partial charge >= 0.3 is 5.97 Å². The van der Waals surface area contributed by atoms with Crippen LogP contribution < -0.4 is 0 Å². The number of likely N-dealkylation sites (tertiary alicyclic amines) is 1. The number of hydrogen-bond acceptors (Lipinski definition) is 5. The van der Waals surface area contributed by atoms with E-state index in [0.29, 0.717) is 32.5 Å². The molecule has 1 saturated heterocycles. The third-order valence-corrected chi connectivity index (χ3v) is 7.67. The van der Waals surface area contributed by atoms with Crippen molar-refractivity contribution in [2.45, 2.75) is 24.9 Å². The van der Waals surface area contributed by atoms with Crippen LogP contribution >= 0.6 is 11.8 Å². The number of benzene rings is 3. The van der Waals surface area contributed by atoms with Crippen LogP contribution in [0.4, 0.5) is 0 Å². The number of carbonyl (C=O) groups excluding carboxylic acids is 2. The quantitative estimate of drug-likeness (QED) is 0.205. The van der Waals surface area contributed by atoms with Gasteiger partial charge in [0.25, 0.3) is 0 Å². The van der Waals surface area contributed by atoms with Crippen molar-refractivity contribution in [1.82, 2.24) is 14.5 Å². The van der Waals surface area contributed by atoms with Crippen molar-refractivity contribution >= 4 is 23.6 Å². The number of esters is 1. The van der Waals surface area contributed by atoms with Crippen LogP contribution in [0.5, 0.6) is 0 Å². The van der Waals surface area contributed by atoms with Gasteiger partial charge < -0.3 is 9.64 Å². The minimum atomic E-state index is -0.152. The number of carbonyl (C=O) groups is 2. The topological polar surface area (TPSA) is 64.4 Å². The summed E-state index contributed by atoms with van der Waals surface area (Å²) in [5, 5.41) is 0.767. The van der Waals surface area contributed by atoms with Crippen LogP contribution in [0.3, 0.4) is 0 Å². The lowest BCUT2D eigenvalue weighted by Gasteiger charge is -2.30. The summed E-state index contributed by atoms with van der Waals surface area (Å²) < 4.78 is 7.32. The van der Waals surface area contributed by atoms with E-state index < -0.39 is 0 Å². The van der Waals surface area contributed by atoms with Gasteiger partial charge in [0.15, 0.2) is 5.16 Å². The van der Waals surface area contributed by atoms with Gasteiger partial charge in [-0.3, -0.25) is 14.2 Å². The Bertz CT molecular complexity index is 1370. The number of amides is 1. The maximum Gasteiger partial charge on any atom is 0.309 e. The first-order valence-electron chi connectivity index (χ1n) is 13.0. The SMILES string of the molecule is CCOC(=O)C1CCN(C(=O)CSc2nc(-c3ccccc3)c(-c3ccccc3)n2-c2ccccc2)CC1. The van der Waals surface area contributed by atoms with E-state index in [4.69, 9.17) is 9.72 Å². The zero-order chi connectivity index (χ0) is 26.3. The maximum atomic E-state index is 13.2. The minimum Gasteiger partial charge on any atom is -0.466 e. The summed E-state index contributed by atoms with van der Waals surface area (Å²) in [4.78, 5) is 32.2. The molecule has 0 aliphatic carbocycles. The standard InChI is InChI=1S/C31H31N3O3S/c1-2-37-30(36)25-18-20-33(21-19-25)27(35)22-38-31-32-28(23-12-6-3-7-13-23)29(24-14-8-4-9-15-24)34(31)26-16-10-5-11-17-26/h3-17,25H,2,18-22H2,1H3. The van der Waals surface area contributed by atoms with E-state index >= 15 is 0 Å². The zero-order valence-corrected chi connectivity index (χ0v) is 22.3. The molecule has 5 rings (SSSR count). The van der Waals surface area contributed by atoms with E-state index in [1.165, 1.54) is 11.8 Å². The fourth-order valence-corrected chi connectivity index (χ4v) is 5.73. The summed E-state index contributed by atoms with van der Waals surface area (Å²) in [6, 6.07) is 30.6. The summed E-state index contributed by atoms with van der Waals surface area (Å²) in [6.45, 7) is 3.35. The highest BCUT2D eigenvalue weighted by atomic mass is 32.2. The van der Waals surface area contributed by atoms with Gasteiger partial charge in [-0.1, -0.05) is 90.6 Å². The molecule has 7 heteroatoms. The molecule has 194 valence electrons. The van der Waals surface area contributed by atoms with E-state index in [9.17, 15) is 9.59 Å². The van der Waals surface area contributed by atoms with Crippen LogP contribution in [0, 0.1) is 5.92 Å². The van der Waals surface area contributed by atoms with E-state index in [-0.39, 0.29) is 23.5 Å². The van der Waals surface area contributed by atoms with Crippen molar-refractivity contribution < 1.29 is 14.3 Å². The molecule has 0 atom stereocenters. The van der Waals surface area contributed by atoms with E-state index in [2.05, 4.69) is 41.0 Å². The lowest BCUT2D eigenvalue weighted by atomic mass is 9.97. The van der Waals surface area contributed by atoms with Crippen molar-refractivity contribution in [2.24, 2.45) is 5.92 Å². The molecule has 0 bridgehead atoms. The van der Waals surface area contributed by atoms with Gasteiger partial charge in [0.05, 0.1) is 29.7 Å². The number of rotatable bonds is 8. The average Bonchev–Trinajstić information content (AvgIpc) is 3.37. The van der Waals surface area contributed by atoms with Gasteiger partial charge in [0.2, 0.25) is 5.91 Å². The van der Waals surface area contributed by atoms with Crippen molar-refractivity contribution in [2.75, 3.05) is 25.4 Å². The Morgan fingerprint density at radius 1 is 0.868 bits per heavy atom. The Hall–Kier alpha value is -3.84. The molecule has 38 heavy (non-hydrogen) atoms. The van der Waals surface area contributed by atoms with Crippen molar-refractivity contribution in [1.29, 1.82) is 0 Å². The Morgan fingerprint density at radius 3 is 2.05 bits per heavy atom. The number of thioether (sulfide) groups is 1. The predicted molar refractivity (Wildman–Crippen MR) is 151 cm³/mol. The van der Waals surface area contributed by atoms with E-state index in [1.54, 1.807) is 0 Å². The van der Waals surface area contributed by atoms with Gasteiger partial charge in [-0.05, 0) is 31.9 Å². The molecule has 0 N–H and O–H groups in total. The molecule has 1 aromatic heterocycles. The third kappa shape index (κ3) is 5.68. The first-order valence-corrected chi connectivity index (χ1v) is 14.0. The molecule has 0 radical (unpaired) electrons. The molecule has 0 spiro atoms. The van der Waals surface area contributed by atoms with Gasteiger partial charge in [-0.15, -0.1) is 0 Å². The second-order valence-corrected chi connectivity index (χ2v) is 10.1. The lowest BCUT2D eigenvalue weighted by molar-refractivity contribution is -0.151. The van der Waals surface area contributed by atoms with E-state index in [0.717, 1.165) is 33.4 Å². The second kappa shape index (κ2) is 12.1. The summed E-state index contributed by atoms with van der Waals surface area (Å²) >= 11 is 1.45. The highest BCUT2D eigenvalue weighted by molar-refractivity contribution is 7.99. The van der Waals surface area contributed by atoms with Crippen LogP contribution in [-0.2, 0) is 14.3 Å². The number of nitrogens with zero attached hydrogens (tertiary/aromatic N) is 3. The Balaban J connectivity index is 1.44. The van der Waals surface area contributed by atoms with Gasteiger partial charge in [-0.25, -0.2) is 4.98 Å². The fraction of sp³-hybridized carbons (Fsp3) is 0.258. The van der Waals surface area contributed by atoms with Crippen LogP contribution in [0.25, 0.3) is 28.2 Å². The van der Waals surface area contributed by atoms with Crippen LogP contribution in [0.15, 0.2) is 96.2 Å². The van der Waals surface area contributed by atoms with E-state index in [1.807, 2.05) is 66.4 Å². The Kier molecular flexibility index (Phi) is 8.24. The number of ether oxygens (including phenoxy) is 1. The van der Waals surface area contributed by atoms with Gasteiger partial charge in [0.1, 0.15) is 0 Å². The zero-order valence-electron chi connectivity index (χ0n) is 21.5. The molecular weight excluding hydrogens is 494 g/mol. The summed E-state index contributed by atoms with van der Waals surface area (Å²) in [5.74, 6) is 0.0600. The Labute approximate surface area is 227 Å². The molecule has 6 nitrogen and oxygen atoms in total. The summed E-state index contributed by atoms with van der Waals surface area (Å²) in [6.07, 6.45) is 1.29. The highest BCUT2D eigenvalue weighted by Crippen LogP contribution is 2.38. The molecule has 1 aliphatic heterocycles. The molecule has 3 aromatic carbocycles. The van der Waals surface area contributed by atoms with Crippen molar-refractivity contribution in [3.8, 4) is 28.2 Å². The number of hydrogen-bond donors (Lipinski definition) is 0. The fourth-order valence-electron chi connectivity index (χ4n) is 4.81. The normalized spacial score (nSPS) is 13.9.